The van der Waals surface area contributed by atoms with E-state index in [0.29, 0.717) is 5.92 Å². The number of hydrogen-bond acceptors (Lipinski definition) is 1. The van der Waals surface area contributed by atoms with Gasteiger partial charge in [0.1, 0.15) is 0 Å². The Labute approximate surface area is 101 Å². The van der Waals surface area contributed by atoms with Crippen molar-refractivity contribution in [2.45, 2.75) is 53.9 Å². The summed E-state index contributed by atoms with van der Waals surface area (Å²) in [5, 5.41) is 0. The van der Waals surface area contributed by atoms with Crippen molar-refractivity contribution in [2.24, 2.45) is 11.3 Å². The second-order valence-electron chi connectivity index (χ2n) is 5.63. The summed E-state index contributed by atoms with van der Waals surface area (Å²) < 4.78 is 0. The lowest BCUT2D eigenvalue weighted by Gasteiger charge is -2.19. The highest BCUT2D eigenvalue weighted by Gasteiger charge is 2.23. The molecule has 1 heteroatoms. The summed E-state index contributed by atoms with van der Waals surface area (Å²) >= 11 is 0. The third-order valence-corrected chi connectivity index (χ3v) is 2.72. The molecular weight excluding hydrogens is 196 g/mol. The quantitative estimate of drug-likeness (QED) is 0.476. The molecule has 1 nitrogen and oxygen atoms in total. The van der Waals surface area contributed by atoms with Crippen molar-refractivity contribution in [3.63, 3.8) is 0 Å². The Hall–Kier alpha value is -0.850. The van der Waals surface area contributed by atoms with E-state index in [0.717, 1.165) is 24.8 Å². The molecule has 0 heterocycles. The van der Waals surface area contributed by atoms with E-state index >= 15 is 0 Å². The molecule has 0 aromatic heterocycles. The SMILES string of the molecule is C=C(CCC(C)CC=CC)C(=O)C(C)(C)C. The molecule has 1 unspecified atom stereocenters. The number of hydrogen-bond donors (Lipinski definition) is 0. The molecular formula is C15H26O. The van der Waals surface area contributed by atoms with E-state index in [1.807, 2.05) is 27.7 Å². The number of rotatable bonds is 6. The van der Waals surface area contributed by atoms with Gasteiger partial charge in [-0.1, -0.05) is 46.4 Å². The average molecular weight is 222 g/mol. The molecule has 0 spiro atoms. The summed E-state index contributed by atoms with van der Waals surface area (Å²) in [6.45, 7) is 14.0. The van der Waals surface area contributed by atoms with Gasteiger partial charge in [0.15, 0.2) is 5.78 Å². The summed E-state index contributed by atoms with van der Waals surface area (Å²) in [6.07, 6.45) is 7.22. The van der Waals surface area contributed by atoms with Crippen molar-refractivity contribution in [3.05, 3.63) is 24.3 Å². The van der Waals surface area contributed by atoms with E-state index in [1.54, 1.807) is 0 Å². The minimum Gasteiger partial charge on any atom is -0.294 e. The van der Waals surface area contributed by atoms with Gasteiger partial charge in [0.2, 0.25) is 0 Å². The highest BCUT2D eigenvalue weighted by molar-refractivity contribution is 5.98. The van der Waals surface area contributed by atoms with E-state index in [9.17, 15) is 4.79 Å². The van der Waals surface area contributed by atoms with Gasteiger partial charge in [0, 0.05) is 5.41 Å². The van der Waals surface area contributed by atoms with Crippen LogP contribution in [0.3, 0.4) is 0 Å². The molecule has 0 aliphatic carbocycles. The zero-order valence-corrected chi connectivity index (χ0v) is 11.5. The van der Waals surface area contributed by atoms with E-state index < -0.39 is 0 Å². The van der Waals surface area contributed by atoms with Crippen LogP contribution in [0, 0.1) is 11.3 Å². The molecule has 0 fully saturated rings. The maximum absolute atomic E-state index is 11.9. The van der Waals surface area contributed by atoms with Crippen LogP contribution in [-0.4, -0.2) is 5.78 Å². The highest BCUT2D eigenvalue weighted by Crippen LogP contribution is 2.23. The van der Waals surface area contributed by atoms with Crippen LogP contribution >= 0.6 is 0 Å². The van der Waals surface area contributed by atoms with Crippen LogP contribution in [-0.2, 0) is 4.79 Å². The van der Waals surface area contributed by atoms with Crippen LogP contribution in [0.4, 0.5) is 0 Å². The number of carbonyl (C=O) groups excluding carboxylic acids is 1. The third kappa shape index (κ3) is 5.89. The Morgan fingerprint density at radius 2 is 1.94 bits per heavy atom. The Kier molecular flexibility index (Phi) is 6.32. The van der Waals surface area contributed by atoms with Gasteiger partial charge in [-0.2, -0.15) is 0 Å². The lowest BCUT2D eigenvalue weighted by molar-refractivity contribution is -0.122. The van der Waals surface area contributed by atoms with Gasteiger partial charge < -0.3 is 0 Å². The van der Waals surface area contributed by atoms with Gasteiger partial charge in [0.25, 0.3) is 0 Å². The maximum atomic E-state index is 11.9. The summed E-state index contributed by atoms with van der Waals surface area (Å²) in [5.74, 6) is 0.825. The molecule has 1 atom stereocenters. The number of allylic oxidation sites excluding steroid dienone is 3. The Bertz CT molecular complexity index is 266. The molecule has 92 valence electrons. The standard InChI is InChI=1S/C15H26O/c1-7-8-9-12(2)10-11-13(3)14(16)15(4,5)6/h7-8,12H,3,9-11H2,1-2,4-6H3. The summed E-state index contributed by atoms with van der Waals surface area (Å²) in [6, 6.07) is 0. The summed E-state index contributed by atoms with van der Waals surface area (Å²) in [7, 11) is 0. The Morgan fingerprint density at radius 3 is 2.38 bits per heavy atom. The molecule has 0 amide bonds. The molecule has 16 heavy (non-hydrogen) atoms. The molecule has 0 aliphatic heterocycles. The fraction of sp³-hybridized carbons (Fsp3) is 0.667. The molecule has 0 rings (SSSR count). The first-order valence-electron chi connectivity index (χ1n) is 6.12. The van der Waals surface area contributed by atoms with Gasteiger partial charge in [-0.25, -0.2) is 0 Å². The largest absolute Gasteiger partial charge is 0.294 e. The lowest BCUT2D eigenvalue weighted by Crippen LogP contribution is -2.21. The van der Waals surface area contributed by atoms with Gasteiger partial charge in [-0.3, -0.25) is 4.79 Å². The molecule has 0 aromatic carbocycles. The van der Waals surface area contributed by atoms with E-state index in [2.05, 4.69) is 25.7 Å². The minimum atomic E-state index is -0.288. The molecule has 0 radical (unpaired) electrons. The van der Waals surface area contributed by atoms with E-state index in [1.165, 1.54) is 0 Å². The van der Waals surface area contributed by atoms with Crippen LogP contribution < -0.4 is 0 Å². The predicted octanol–water partition coefficient (Wildman–Crippen LogP) is 4.54. The molecule has 0 N–H and O–H groups in total. The van der Waals surface area contributed by atoms with Crippen molar-refractivity contribution < 1.29 is 4.79 Å². The van der Waals surface area contributed by atoms with Crippen molar-refractivity contribution >= 4 is 5.78 Å². The summed E-state index contributed by atoms with van der Waals surface area (Å²) in [5.41, 5.74) is 0.490. The number of Topliss-reactive ketones (excluding diaryl/α,β-unsaturated/α-hetero) is 1. The van der Waals surface area contributed by atoms with Crippen molar-refractivity contribution in [3.8, 4) is 0 Å². The van der Waals surface area contributed by atoms with Crippen LogP contribution in [0.5, 0.6) is 0 Å². The Morgan fingerprint density at radius 1 is 1.38 bits per heavy atom. The topological polar surface area (TPSA) is 17.1 Å². The van der Waals surface area contributed by atoms with Crippen LogP contribution in [0.25, 0.3) is 0 Å². The summed E-state index contributed by atoms with van der Waals surface area (Å²) in [4.78, 5) is 11.9. The molecule has 0 saturated carbocycles. The smallest absolute Gasteiger partial charge is 0.163 e. The second-order valence-corrected chi connectivity index (χ2v) is 5.63. The molecule has 0 aromatic rings. The van der Waals surface area contributed by atoms with Gasteiger partial charge >= 0.3 is 0 Å². The fourth-order valence-corrected chi connectivity index (χ4v) is 1.55. The second kappa shape index (κ2) is 6.67. The Balaban J connectivity index is 4.03. The first kappa shape index (κ1) is 15.2. The van der Waals surface area contributed by atoms with Crippen molar-refractivity contribution in [1.29, 1.82) is 0 Å². The van der Waals surface area contributed by atoms with Crippen LogP contribution in [0.2, 0.25) is 0 Å². The van der Waals surface area contributed by atoms with Crippen molar-refractivity contribution in [2.75, 3.05) is 0 Å². The highest BCUT2D eigenvalue weighted by atomic mass is 16.1. The lowest BCUT2D eigenvalue weighted by atomic mass is 9.84. The van der Waals surface area contributed by atoms with Crippen LogP contribution in [0.15, 0.2) is 24.3 Å². The van der Waals surface area contributed by atoms with E-state index in [-0.39, 0.29) is 11.2 Å². The zero-order valence-electron chi connectivity index (χ0n) is 11.5. The monoisotopic (exact) mass is 222 g/mol. The van der Waals surface area contributed by atoms with Crippen molar-refractivity contribution in [1.82, 2.24) is 0 Å². The zero-order chi connectivity index (χ0) is 12.8. The van der Waals surface area contributed by atoms with Gasteiger partial charge in [-0.15, -0.1) is 0 Å². The third-order valence-electron chi connectivity index (χ3n) is 2.72. The molecule has 0 saturated heterocycles. The number of carbonyl (C=O) groups is 1. The van der Waals surface area contributed by atoms with Crippen LogP contribution in [0.1, 0.15) is 53.9 Å². The first-order chi connectivity index (χ1) is 7.29. The predicted molar refractivity (Wildman–Crippen MR) is 71.4 cm³/mol. The van der Waals surface area contributed by atoms with Gasteiger partial charge in [0.05, 0.1) is 0 Å². The average Bonchev–Trinajstić information content (AvgIpc) is 2.20. The van der Waals surface area contributed by atoms with Gasteiger partial charge in [-0.05, 0) is 37.7 Å². The normalized spacial score (nSPS) is 14.1. The van der Waals surface area contributed by atoms with E-state index in [4.69, 9.17) is 0 Å². The maximum Gasteiger partial charge on any atom is 0.163 e. The molecule has 0 aliphatic rings. The first-order valence-corrected chi connectivity index (χ1v) is 6.12. The fourth-order valence-electron chi connectivity index (χ4n) is 1.55. The molecule has 0 bridgehead atoms. The number of ketones is 1. The minimum absolute atomic E-state index is 0.200.